The Morgan fingerprint density at radius 3 is 2.30 bits per heavy atom. The van der Waals surface area contributed by atoms with Gasteiger partial charge in [-0.3, -0.25) is 20.2 Å². The first-order valence-corrected chi connectivity index (χ1v) is 7.20. The largest absolute Gasteiger partial charge is 0.486 e. The van der Waals surface area contributed by atoms with Crippen LogP contribution in [0.25, 0.3) is 0 Å². The third kappa shape index (κ3) is 4.02. The number of fused-ring (bicyclic) bond motifs is 1. The van der Waals surface area contributed by atoms with Crippen LogP contribution in [0.15, 0.2) is 17.8 Å². The minimum absolute atomic E-state index is 0.0343. The maximum atomic E-state index is 11.8. The van der Waals surface area contributed by atoms with Crippen LogP contribution in [0.3, 0.4) is 0 Å². The molecular weight excluding hydrogens is 370 g/mol. The number of methoxy groups -OCH3 is 2. The lowest BCUT2D eigenvalue weighted by atomic mass is 10.1. The number of ether oxygens (including phenoxy) is 4. The molecule has 0 saturated heterocycles. The summed E-state index contributed by atoms with van der Waals surface area (Å²) in [6.07, 6.45) is 0.679. The van der Waals surface area contributed by atoms with Gasteiger partial charge in [-0.1, -0.05) is 0 Å². The molecule has 0 atom stereocenters. The number of nitro benzene ring substituents is 2. The van der Waals surface area contributed by atoms with Crippen molar-refractivity contribution in [1.82, 2.24) is 0 Å². The molecule has 144 valence electrons. The molecule has 1 aromatic rings. The molecule has 0 aromatic heterocycles. The van der Waals surface area contributed by atoms with Crippen LogP contribution >= 0.6 is 0 Å². The van der Waals surface area contributed by atoms with E-state index in [2.05, 4.69) is 14.8 Å². The first-order chi connectivity index (χ1) is 12.8. The average Bonchev–Trinajstić information content (AvgIpc) is 2.64. The number of carbonyl (C=O) groups excluding carboxylic acids is 2. The first-order valence-electron chi connectivity index (χ1n) is 7.20. The van der Waals surface area contributed by atoms with Crippen molar-refractivity contribution in [3.63, 3.8) is 0 Å². The molecule has 1 aliphatic rings. The number of nitro groups is 2. The van der Waals surface area contributed by atoms with Gasteiger partial charge < -0.3 is 24.3 Å². The average molecular weight is 383 g/mol. The van der Waals surface area contributed by atoms with Gasteiger partial charge >= 0.3 is 23.3 Å². The molecule has 1 N–H and O–H groups in total. The van der Waals surface area contributed by atoms with E-state index in [0.29, 0.717) is 6.08 Å². The zero-order valence-electron chi connectivity index (χ0n) is 14.0. The molecule has 0 bridgehead atoms. The summed E-state index contributed by atoms with van der Waals surface area (Å²) < 4.78 is 19.3. The van der Waals surface area contributed by atoms with Crippen molar-refractivity contribution in [2.24, 2.45) is 0 Å². The number of esters is 2. The van der Waals surface area contributed by atoms with E-state index < -0.39 is 50.3 Å². The van der Waals surface area contributed by atoms with Gasteiger partial charge in [0.05, 0.1) is 30.1 Å². The number of nitrogens with one attached hydrogen (secondary N) is 1. The predicted molar refractivity (Wildman–Crippen MR) is 86.5 cm³/mol. The summed E-state index contributed by atoms with van der Waals surface area (Å²) in [4.78, 5) is 44.1. The zero-order chi connectivity index (χ0) is 20.1. The highest BCUT2D eigenvalue weighted by Gasteiger charge is 2.39. The fourth-order valence-electron chi connectivity index (χ4n) is 2.19. The summed E-state index contributed by atoms with van der Waals surface area (Å²) in [5, 5.41) is 25.2. The number of nitrogens with zero attached hydrogens (tertiary/aromatic N) is 2. The van der Waals surface area contributed by atoms with Gasteiger partial charge in [-0.25, -0.2) is 9.59 Å². The van der Waals surface area contributed by atoms with E-state index in [1.54, 1.807) is 0 Å². The van der Waals surface area contributed by atoms with Gasteiger partial charge in [0, 0.05) is 6.07 Å². The third-order valence-electron chi connectivity index (χ3n) is 3.28. The maximum absolute atomic E-state index is 11.8. The molecule has 0 unspecified atom stereocenters. The Labute approximate surface area is 150 Å². The number of benzene rings is 1. The Balaban J connectivity index is 2.67. The molecule has 2 rings (SSSR count). The van der Waals surface area contributed by atoms with E-state index in [4.69, 9.17) is 9.47 Å². The van der Waals surface area contributed by atoms with Crippen molar-refractivity contribution in [2.45, 2.75) is 0 Å². The fourth-order valence-corrected chi connectivity index (χ4v) is 2.19. The van der Waals surface area contributed by atoms with E-state index in [9.17, 15) is 29.8 Å². The Hall–Kier alpha value is -3.90. The number of hydrogen-bond acceptors (Lipinski definition) is 11. The van der Waals surface area contributed by atoms with E-state index in [1.165, 1.54) is 0 Å². The number of rotatable bonds is 6. The highest BCUT2D eigenvalue weighted by atomic mass is 16.6. The highest BCUT2D eigenvalue weighted by molar-refractivity contribution is 6.00. The molecule has 1 aliphatic heterocycles. The van der Waals surface area contributed by atoms with Crippen molar-refractivity contribution in [3.05, 3.63) is 38.1 Å². The Morgan fingerprint density at radius 1 is 1.11 bits per heavy atom. The Bertz CT molecular complexity index is 848. The molecule has 13 nitrogen and oxygen atoms in total. The first kappa shape index (κ1) is 19.4. The zero-order valence-corrected chi connectivity index (χ0v) is 14.0. The highest BCUT2D eigenvalue weighted by Crippen LogP contribution is 2.49. The van der Waals surface area contributed by atoms with Crippen LogP contribution in [0.4, 0.5) is 17.1 Å². The molecule has 0 radical (unpaired) electrons. The van der Waals surface area contributed by atoms with Crippen LogP contribution < -0.4 is 14.8 Å². The minimum atomic E-state index is -1.06. The SMILES string of the molecule is COC(=O)/C=C(/Nc1cc2c(c([N+](=O)[O-])c1[N+](=O)[O-])OCCO2)C(=O)OC. The molecule has 0 amide bonds. The lowest BCUT2D eigenvalue weighted by Gasteiger charge is -2.19. The molecule has 0 spiro atoms. The van der Waals surface area contributed by atoms with Crippen molar-refractivity contribution in [3.8, 4) is 11.5 Å². The van der Waals surface area contributed by atoms with Crippen molar-refractivity contribution < 1.29 is 38.4 Å². The van der Waals surface area contributed by atoms with Gasteiger partial charge in [-0.15, -0.1) is 0 Å². The monoisotopic (exact) mass is 383 g/mol. The van der Waals surface area contributed by atoms with E-state index >= 15 is 0 Å². The summed E-state index contributed by atoms with van der Waals surface area (Å²) in [6.45, 7) is 0.0245. The smallest absolute Gasteiger partial charge is 0.393 e. The van der Waals surface area contributed by atoms with Gasteiger partial charge in [0.1, 0.15) is 24.6 Å². The van der Waals surface area contributed by atoms with Crippen molar-refractivity contribution in [2.75, 3.05) is 32.8 Å². The lowest BCUT2D eigenvalue weighted by molar-refractivity contribution is -0.422. The Kier molecular flexibility index (Phi) is 5.75. The van der Waals surface area contributed by atoms with Gasteiger partial charge in [0.2, 0.25) is 5.75 Å². The second-order valence-electron chi connectivity index (χ2n) is 4.86. The topological polar surface area (TPSA) is 169 Å². The standard InChI is InChI=1S/C14H13N3O10/c1-24-10(18)6-8(14(19)25-2)15-7-5-9-13(27-4-3-26-9)12(17(22)23)11(7)16(20)21/h5-6,15H,3-4H2,1-2H3/b8-6+. The van der Waals surface area contributed by atoms with Gasteiger partial charge in [0.25, 0.3) is 0 Å². The molecule has 1 heterocycles. The normalized spacial score (nSPS) is 12.7. The van der Waals surface area contributed by atoms with Crippen molar-refractivity contribution >= 4 is 29.0 Å². The second kappa shape index (κ2) is 7.99. The predicted octanol–water partition coefficient (Wildman–Crippen LogP) is 0.916. The summed E-state index contributed by atoms with van der Waals surface area (Å²) in [7, 11) is 2.06. The van der Waals surface area contributed by atoms with Crippen LogP contribution in [0.5, 0.6) is 11.5 Å². The minimum Gasteiger partial charge on any atom is -0.486 e. The van der Waals surface area contributed by atoms with Gasteiger partial charge in [-0.05, 0) is 0 Å². The molecule has 13 heteroatoms. The molecule has 27 heavy (non-hydrogen) atoms. The van der Waals surface area contributed by atoms with Gasteiger partial charge in [-0.2, -0.15) is 0 Å². The van der Waals surface area contributed by atoms with E-state index in [-0.39, 0.29) is 19.0 Å². The molecule has 1 aromatic carbocycles. The maximum Gasteiger partial charge on any atom is 0.393 e. The summed E-state index contributed by atoms with van der Waals surface area (Å²) in [6, 6.07) is 1.05. The molecule has 0 saturated carbocycles. The lowest BCUT2D eigenvalue weighted by Crippen LogP contribution is -2.19. The number of carbonyl (C=O) groups is 2. The van der Waals surface area contributed by atoms with Gasteiger partial charge in [0.15, 0.2) is 5.75 Å². The number of anilines is 1. The molecule has 0 aliphatic carbocycles. The second-order valence-corrected chi connectivity index (χ2v) is 4.86. The quantitative estimate of drug-likeness (QED) is 0.320. The summed E-state index contributed by atoms with van der Waals surface area (Å²) in [5.41, 5.74) is -2.96. The van der Waals surface area contributed by atoms with Crippen molar-refractivity contribution in [1.29, 1.82) is 0 Å². The summed E-state index contributed by atoms with van der Waals surface area (Å²) >= 11 is 0. The fraction of sp³-hybridized carbons (Fsp3) is 0.286. The van der Waals surface area contributed by atoms with Crippen LogP contribution in [-0.4, -0.2) is 49.2 Å². The van der Waals surface area contributed by atoms with Crippen LogP contribution in [0.2, 0.25) is 0 Å². The third-order valence-corrected chi connectivity index (χ3v) is 3.28. The van der Waals surface area contributed by atoms with E-state index in [1.807, 2.05) is 0 Å². The van der Waals surface area contributed by atoms with Crippen LogP contribution in [0.1, 0.15) is 0 Å². The molecule has 0 fully saturated rings. The van der Waals surface area contributed by atoms with Crippen LogP contribution in [-0.2, 0) is 19.1 Å². The molecular formula is C14H13N3O10. The Morgan fingerprint density at radius 2 is 1.74 bits per heavy atom. The summed E-state index contributed by atoms with van der Waals surface area (Å²) in [5.74, 6) is -2.56. The number of hydrogen-bond donors (Lipinski definition) is 1. The van der Waals surface area contributed by atoms with Crippen LogP contribution in [0, 0.1) is 20.2 Å². The van der Waals surface area contributed by atoms with E-state index in [0.717, 1.165) is 20.3 Å².